The van der Waals surface area contributed by atoms with Gasteiger partial charge in [0.2, 0.25) is 0 Å². The Bertz CT molecular complexity index is 956. The molecule has 26 heavy (non-hydrogen) atoms. The van der Waals surface area contributed by atoms with Crippen LogP contribution in [0, 0.1) is 27.7 Å². The molecule has 0 unspecified atom stereocenters. The fourth-order valence-corrected chi connectivity index (χ4v) is 3.35. The SMILES string of the molecule is Cc1cc(C)c(-c2c(C)cc(C)cc2NC(=O)c2ccccn2)c(O)c1. The fraction of sp³-hybridized carbons (Fsp3) is 0.182. The molecule has 0 bridgehead atoms. The highest BCUT2D eigenvalue weighted by atomic mass is 16.3. The fourth-order valence-electron chi connectivity index (χ4n) is 3.35. The van der Waals surface area contributed by atoms with Crippen LogP contribution in [0.1, 0.15) is 32.7 Å². The van der Waals surface area contributed by atoms with Gasteiger partial charge in [-0.15, -0.1) is 0 Å². The first kappa shape index (κ1) is 17.7. The first-order valence-electron chi connectivity index (χ1n) is 8.51. The van der Waals surface area contributed by atoms with Crippen molar-refractivity contribution in [3.8, 4) is 16.9 Å². The van der Waals surface area contributed by atoms with E-state index >= 15 is 0 Å². The van der Waals surface area contributed by atoms with Gasteiger partial charge in [0.1, 0.15) is 11.4 Å². The van der Waals surface area contributed by atoms with E-state index in [9.17, 15) is 9.90 Å². The zero-order chi connectivity index (χ0) is 18.8. The number of anilines is 1. The van der Waals surface area contributed by atoms with Crippen LogP contribution in [0.25, 0.3) is 11.1 Å². The minimum absolute atomic E-state index is 0.211. The summed E-state index contributed by atoms with van der Waals surface area (Å²) in [6, 6.07) is 13.0. The van der Waals surface area contributed by atoms with Gasteiger partial charge in [0.15, 0.2) is 0 Å². The zero-order valence-corrected chi connectivity index (χ0v) is 15.4. The lowest BCUT2D eigenvalue weighted by Gasteiger charge is -2.18. The summed E-state index contributed by atoms with van der Waals surface area (Å²) in [5, 5.41) is 13.5. The number of nitrogens with one attached hydrogen (secondary N) is 1. The molecule has 4 nitrogen and oxygen atoms in total. The molecule has 4 heteroatoms. The molecule has 1 aromatic heterocycles. The zero-order valence-electron chi connectivity index (χ0n) is 15.4. The number of carbonyl (C=O) groups is 1. The number of aromatic nitrogens is 1. The molecule has 0 spiro atoms. The number of phenolic OH excluding ortho intramolecular Hbond substituents is 1. The number of aryl methyl sites for hydroxylation is 4. The van der Waals surface area contributed by atoms with Gasteiger partial charge < -0.3 is 10.4 Å². The normalized spacial score (nSPS) is 10.6. The molecule has 0 saturated carbocycles. The van der Waals surface area contributed by atoms with Crippen molar-refractivity contribution < 1.29 is 9.90 Å². The monoisotopic (exact) mass is 346 g/mol. The molecule has 1 amide bonds. The Kier molecular flexibility index (Phi) is 4.76. The van der Waals surface area contributed by atoms with Crippen molar-refractivity contribution in [1.82, 2.24) is 4.98 Å². The number of hydrogen-bond donors (Lipinski definition) is 2. The van der Waals surface area contributed by atoms with E-state index in [1.165, 1.54) is 0 Å². The van der Waals surface area contributed by atoms with Crippen molar-refractivity contribution in [1.29, 1.82) is 0 Å². The van der Waals surface area contributed by atoms with E-state index in [0.717, 1.165) is 33.4 Å². The lowest BCUT2D eigenvalue weighted by Crippen LogP contribution is -2.14. The predicted octanol–water partition coefficient (Wildman–Crippen LogP) is 4.94. The maximum Gasteiger partial charge on any atom is 0.274 e. The summed E-state index contributed by atoms with van der Waals surface area (Å²) < 4.78 is 0. The van der Waals surface area contributed by atoms with Crippen LogP contribution in [0.4, 0.5) is 5.69 Å². The largest absolute Gasteiger partial charge is 0.507 e. The Morgan fingerprint density at radius 2 is 1.58 bits per heavy atom. The van der Waals surface area contributed by atoms with E-state index < -0.39 is 0 Å². The summed E-state index contributed by atoms with van der Waals surface area (Å²) >= 11 is 0. The van der Waals surface area contributed by atoms with Crippen LogP contribution in [0.5, 0.6) is 5.75 Å². The minimum Gasteiger partial charge on any atom is -0.507 e. The van der Waals surface area contributed by atoms with E-state index in [0.29, 0.717) is 11.4 Å². The third-order valence-corrected chi connectivity index (χ3v) is 4.33. The smallest absolute Gasteiger partial charge is 0.274 e. The molecular weight excluding hydrogens is 324 g/mol. The molecule has 3 aromatic rings. The predicted molar refractivity (Wildman–Crippen MR) is 105 cm³/mol. The number of pyridine rings is 1. The van der Waals surface area contributed by atoms with E-state index in [1.54, 1.807) is 30.5 Å². The molecule has 132 valence electrons. The van der Waals surface area contributed by atoms with Crippen molar-refractivity contribution in [2.45, 2.75) is 27.7 Å². The van der Waals surface area contributed by atoms with Crippen LogP contribution in [-0.2, 0) is 0 Å². The van der Waals surface area contributed by atoms with E-state index in [-0.39, 0.29) is 11.7 Å². The Morgan fingerprint density at radius 3 is 2.19 bits per heavy atom. The summed E-state index contributed by atoms with van der Waals surface area (Å²) in [5.74, 6) is -0.0658. The molecule has 0 fully saturated rings. The lowest BCUT2D eigenvalue weighted by molar-refractivity contribution is 0.102. The second-order valence-corrected chi connectivity index (χ2v) is 6.65. The highest BCUT2D eigenvalue weighted by Gasteiger charge is 2.18. The topological polar surface area (TPSA) is 62.2 Å². The lowest BCUT2D eigenvalue weighted by atomic mass is 9.91. The molecule has 0 aliphatic carbocycles. The van der Waals surface area contributed by atoms with Crippen LogP contribution < -0.4 is 5.32 Å². The second kappa shape index (κ2) is 7.00. The average molecular weight is 346 g/mol. The van der Waals surface area contributed by atoms with E-state index in [2.05, 4.69) is 10.3 Å². The molecule has 0 aliphatic rings. The van der Waals surface area contributed by atoms with Crippen molar-refractivity contribution in [2.24, 2.45) is 0 Å². The Labute approximate surface area is 153 Å². The number of rotatable bonds is 3. The number of hydrogen-bond acceptors (Lipinski definition) is 3. The molecular formula is C22H22N2O2. The van der Waals surface area contributed by atoms with Crippen LogP contribution in [-0.4, -0.2) is 16.0 Å². The van der Waals surface area contributed by atoms with Gasteiger partial charge in [0, 0.05) is 23.0 Å². The van der Waals surface area contributed by atoms with Gasteiger partial charge in [0.05, 0.1) is 0 Å². The van der Waals surface area contributed by atoms with Crippen LogP contribution >= 0.6 is 0 Å². The van der Waals surface area contributed by atoms with Gasteiger partial charge in [-0.05, 0) is 74.2 Å². The third kappa shape index (κ3) is 3.45. The van der Waals surface area contributed by atoms with Crippen molar-refractivity contribution in [3.63, 3.8) is 0 Å². The standard InChI is InChI=1S/C22H22N2O2/c1-13-9-15(3)20(21-16(4)10-14(2)12-19(21)25)18(11-13)24-22(26)17-7-5-6-8-23-17/h5-12,25H,1-4H3,(H,24,26). The minimum atomic E-state index is -0.277. The quantitative estimate of drug-likeness (QED) is 0.706. The first-order valence-corrected chi connectivity index (χ1v) is 8.51. The van der Waals surface area contributed by atoms with Crippen LogP contribution in [0.15, 0.2) is 48.7 Å². The number of aromatic hydroxyl groups is 1. The highest BCUT2D eigenvalue weighted by Crippen LogP contribution is 2.40. The Hall–Kier alpha value is -3.14. The van der Waals surface area contributed by atoms with Crippen molar-refractivity contribution >= 4 is 11.6 Å². The molecule has 0 atom stereocenters. The summed E-state index contributed by atoms with van der Waals surface area (Å²) in [4.78, 5) is 16.7. The van der Waals surface area contributed by atoms with Gasteiger partial charge in [-0.3, -0.25) is 9.78 Å². The molecule has 0 saturated heterocycles. The Morgan fingerprint density at radius 1 is 0.923 bits per heavy atom. The third-order valence-electron chi connectivity index (χ3n) is 4.33. The maximum absolute atomic E-state index is 12.6. The van der Waals surface area contributed by atoms with Crippen molar-refractivity contribution in [3.05, 3.63) is 76.6 Å². The summed E-state index contributed by atoms with van der Waals surface area (Å²) in [5.41, 5.74) is 6.56. The molecule has 2 N–H and O–H groups in total. The van der Waals surface area contributed by atoms with Crippen LogP contribution in [0.3, 0.4) is 0 Å². The van der Waals surface area contributed by atoms with Crippen LogP contribution in [0.2, 0.25) is 0 Å². The number of benzene rings is 2. The van der Waals surface area contributed by atoms with Gasteiger partial charge in [-0.25, -0.2) is 0 Å². The summed E-state index contributed by atoms with van der Waals surface area (Å²) in [6.07, 6.45) is 1.59. The number of phenols is 1. The van der Waals surface area contributed by atoms with Crippen molar-refractivity contribution in [2.75, 3.05) is 5.32 Å². The number of carbonyl (C=O) groups excluding carboxylic acids is 1. The molecule has 0 radical (unpaired) electrons. The van der Waals surface area contributed by atoms with Gasteiger partial charge in [-0.1, -0.05) is 18.2 Å². The average Bonchev–Trinajstić information content (AvgIpc) is 2.57. The van der Waals surface area contributed by atoms with E-state index in [1.807, 2.05) is 45.9 Å². The first-order chi connectivity index (χ1) is 12.4. The highest BCUT2D eigenvalue weighted by molar-refractivity contribution is 6.06. The van der Waals surface area contributed by atoms with E-state index in [4.69, 9.17) is 0 Å². The molecule has 3 rings (SSSR count). The van der Waals surface area contributed by atoms with Gasteiger partial charge in [0.25, 0.3) is 5.91 Å². The summed E-state index contributed by atoms with van der Waals surface area (Å²) in [7, 11) is 0. The van der Waals surface area contributed by atoms with Gasteiger partial charge >= 0.3 is 0 Å². The number of nitrogens with zero attached hydrogens (tertiary/aromatic N) is 1. The molecule has 1 heterocycles. The Balaban J connectivity index is 2.14. The second-order valence-electron chi connectivity index (χ2n) is 6.65. The van der Waals surface area contributed by atoms with Gasteiger partial charge in [-0.2, -0.15) is 0 Å². The molecule has 0 aliphatic heterocycles. The maximum atomic E-state index is 12.6. The summed E-state index contributed by atoms with van der Waals surface area (Å²) in [6.45, 7) is 7.88. The number of amides is 1. The molecule has 2 aromatic carbocycles.